The normalized spacial score (nSPS) is 20.3. The Bertz CT molecular complexity index is 524. The van der Waals surface area contributed by atoms with Crippen LogP contribution in [0.5, 0.6) is 5.75 Å². The van der Waals surface area contributed by atoms with Gasteiger partial charge in [-0.1, -0.05) is 6.07 Å². The van der Waals surface area contributed by atoms with Gasteiger partial charge in [-0.3, -0.25) is 0 Å². The first-order chi connectivity index (χ1) is 9.10. The molecule has 0 spiro atoms. The molecule has 110 valence electrons. The van der Waals surface area contributed by atoms with Crippen molar-refractivity contribution in [3.63, 3.8) is 0 Å². The van der Waals surface area contributed by atoms with E-state index in [0.29, 0.717) is 5.46 Å². The summed E-state index contributed by atoms with van der Waals surface area (Å²) in [5.74, 6) is -0.149. The maximum atomic E-state index is 14.6. The highest BCUT2D eigenvalue weighted by Crippen LogP contribution is 2.37. The Hall–Kier alpha value is -1.07. The highest BCUT2D eigenvalue weighted by molar-refractivity contribution is 6.62. The topological polar surface area (TPSA) is 27.7 Å². The lowest BCUT2D eigenvalue weighted by molar-refractivity contribution is 0.00578. The van der Waals surface area contributed by atoms with E-state index in [1.807, 2.05) is 41.5 Å². The van der Waals surface area contributed by atoms with E-state index >= 15 is 0 Å². The molecular formula is C15H22BFO3. The van der Waals surface area contributed by atoms with Gasteiger partial charge in [0, 0.05) is 5.46 Å². The fraction of sp³-hybridized carbons (Fsp3) is 0.600. The zero-order valence-electron chi connectivity index (χ0n) is 13.3. The van der Waals surface area contributed by atoms with Crippen molar-refractivity contribution in [2.45, 2.75) is 52.7 Å². The lowest BCUT2D eigenvalue weighted by atomic mass is 9.77. The highest BCUT2D eigenvalue weighted by Gasteiger charge is 2.52. The Morgan fingerprint density at radius 1 is 1.10 bits per heavy atom. The van der Waals surface area contributed by atoms with Crippen molar-refractivity contribution in [2.75, 3.05) is 7.11 Å². The zero-order chi connectivity index (χ0) is 15.3. The monoisotopic (exact) mass is 280 g/mol. The minimum Gasteiger partial charge on any atom is -0.493 e. The summed E-state index contributed by atoms with van der Waals surface area (Å²) in [4.78, 5) is 0. The van der Waals surface area contributed by atoms with Gasteiger partial charge in [0.1, 0.15) is 0 Å². The molecule has 0 radical (unpaired) electrons. The molecular weight excluding hydrogens is 258 g/mol. The van der Waals surface area contributed by atoms with Crippen molar-refractivity contribution in [3.05, 3.63) is 23.0 Å². The van der Waals surface area contributed by atoms with Crippen LogP contribution in [0.15, 0.2) is 6.07 Å². The minimum atomic E-state index is -0.715. The van der Waals surface area contributed by atoms with Crippen LogP contribution in [0.4, 0.5) is 4.39 Å². The molecule has 1 fully saturated rings. The SMILES string of the molecule is COc1c(C)c(C)cc(B2OC(C)(C)C(C)(C)O2)c1F. The number of benzene rings is 1. The molecule has 0 atom stereocenters. The first kappa shape index (κ1) is 15.3. The molecule has 1 aliphatic heterocycles. The maximum absolute atomic E-state index is 14.6. The predicted molar refractivity (Wildman–Crippen MR) is 78.1 cm³/mol. The van der Waals surface area contributed by atoms with E-state index in [2.05, 4.69) is 0 Å². The van der Waals surface area contributed by atoms with Crippen LogP contribution in [0.3, 0.4) is 0 Å². The molecule has 1 heterocycles. The molecule has 1 aliphatic rings. The van der Waals surface area contributed by atoms with Gasteiger partial charge in [0.25, 0.3) is 0 Å². The third kappa shape index (κ3) is 2.23. The molecule has 0 unspecified atom stereocenters. The largest absolute Gasteiger partial charge is 0.498 e. The number of methoxy groups -OCH3 is 1. The van der Waals surface area contributed by atoms with Gasteiger partial charge in [-0.25, -0.2) is 4.39 Å². The summed E-state index contributed by atoms with van der Waals surface area (Å²) in [6.07, 6.45) is 0. The molecule has 1 aromatic carbocycles. The van der Waals surface area contributed by atoms with Gasteiger partial charge < -0.3 is 14.0 Å². The van der Waals surface area contributed by atoms with Gasteiger partial charge in [0.05, 0.1) is 18.3 Å². The molecule has 0 aliphatic carbocycles. The summed E-state index contributed by atoms with van der Waals surface area (Å²) in [5.41, 5.74) is 1.16. The maximum Gasteiger partial charge on any atom is 0.498 e. The molecule has 0 amide bonds. The summed E-state index contributed by atoms with van der Waals surface area (Å²) in [6, 6.07) is 1.77. The van der Waals surface area contributed by atoms with Crippen molar-refractivity contribution in [1.82, 2.24) is 0 Å². The van der Waals surface area contributed by atoms with Crippen LogP contribution in [0.25, 0.3) is 0 Å². The Morgan fingerprint density at radius 3 is 2.05 bits per heavy atom. The number of aryl methyl sites for hydroxylation is 1. The third-order valence-electron chi connectivity index (χ3n) is 4.47. The lowest BCUT2D eigenvalue weighted by Crippen LogP contribution is -2.41. The molecule has 0 N–H and O–H groups in total. The van der Waals surface area contributed by atoms with Crippen molar-refractivity contribution in [2.24, 2.45) is 0 Å². The van der Waals surface area contributed by atoms with Crippen LogP contribution in [0, 0.1) is 19.7 Å². The summed E-state index contributed by atoms with van der Waals surface area (Å²) in [6.45, 7) is 11.6. The predicted octanol–water partition coefficient (Wildman–Crippen LogP) is 2.75. The van der Waals surface area contributed by atoms with E-state index in [4.69, 9.17) is 14.0 Å². The number of halogens is 1. The number of rotatable bonds is 2. The lowest BCUT2D eigenvalue weighted by Gasteiger charge is -2.32. The first-order valence-electron chi connectivity index (χ1n) is 6.80. The molecule has 0 aromatic heterocycles. The van der Waals surface area contributed by atoms with Gasteiger partial charge in [0.2, 0.25) is 0 Å². The number of ether oxygens (including phenoxy) is 1. The minimum absolute atomic E-state index is 0.259. The number of hydrogen-bond donors (Lipinski definition) is 0. The van der Waals surface area contributed by atoms with Crippen LogP contribution >= 0.6 is 0 Å². The van der Waals surface area contributed by atoms with E-state index in [1.165, 1.54) is 7.11 Å². The van der Waals surface area contributed by atoms with Gasteiger partial charge >= 0.3 is 7.12 Å². The Labute approximate surface area is 120 Å². The smallest absolute Gasteiger partial charge is 0.493 e. The average molecular weight is 280 g/mol. The van der Waals surface area contributed by atoms with E-state index < -0.39 is 24.1 Å². The van der Waals surface area contributed by atoms with Crippen LogP contribution in [0.2, 0.25) is 0 Å². The first-order valence-corrected chi connectivity index (χ1v) is 6.80. The average Bonchev–Trinajstić information content (AvgIpc) is 2.54. The van der Waals surface area contributed by atoms with Crippen molar-refractivity contribution >= 4 is 12.6 Å². The Kier molecular flexibility index (Phi) is 3.63. The van der Waals surface area contributed by atoms with Crippen LogP contribution in [-0.2, 0) is 9.31 Å². The van der Waals surface area contributed by atoms with E-state index in [0.717, 1.165) is 11.1 Å². The molecule has 2 rings (SSSR count). The van der Waals surface area contributed by atoms with Gasteiger partial charge in [-0.2, -0.15) is 0 Å². The molecule has 1 aromatic rings. The van der Waals surface area contributed by atoms with E-state index in [1.54, 1.807) is 6.07 Å². The van der Waals surface area contributed by atoms with E-state index in [9.17, 15) is 4.39 Å². The van der Waals surface area contributed by atoms with Crippen molar-refractivity contribution in [3.8, 4) is 5.75 Å². The molecule has 5 heteroatoms. The summed E-state index contributed by atoms with van der Waals surface area (Å²) in [7, 11) is 0.756. The molecule has 3 nitrogen and oxygen atoms in total. The van der Waals surface area contributed by atoms with Crippen LogP contribution < -0.4 is 10.2 Å². The van der Waals surface area contributed by atoms with Gasteiger partial charge in [0.15, 0.2) is 11.6 Å². The van der Waals surface area contributed by atoms with Crippen LogP contribution in [0.1, 0.15) is 38.8 Å². The second-order valence-electron chi connectivity index (χ2n) is 6.34. The molecule has 20 heavy (non-hydrogen) atoms. The Balaban J connectivity index is 2.48. The van der Waals surface area contributed by atoms with E-state index in [-0.39, 0.29) is 5.75 Å². The summed E-state index contributed by atoms with van der Waals surface area (Å²) < 4.78 is 31.6. The summed E-state index contributed by atoms with van der Waals surface area (Å²) >= 11 is 0. The standard InChI is InChI=1S/C15H22BFO3/c1-9-8-11(12(17)13(18-7)10(9)2)16-19-14(3,4)15(5,6)20-16/h8H,1-7H3. The fourth-order valence-corrected chi connectivity index (χ4v) is 2.26. The summed E-state index contributed by atoms with van der Waals surface area (Å²) in [5, 5.41) is 0. The molecule has 0 saturated carbocycles. The second kappa shape index (κ2) is 4.74. The quantitative estimate of drug-likeness (QED) is 0.780. The van der Waals surface area contributed by atoms with Gasteiger partial charge in [-0.05, 0) is 52.7 Å². The van der Waals surface area contributed by atoms with Crippen molar-refractivity contribution in [1.29, 1.82) is 0 Å². The van der Waals surface area contributed by atoms with Crippen LogP contribution in [-0.4, -0.2) is 25.4 Å². The second-order valence-corrected chi connectivity index (χ2v) is 6.34. The fourth-order valence-electron chi connectivity index (χ4n) is 2.26. The van der Waals surface area contributed by atoms with Gasteiger partial charge in [-0.15, -0.1) is 0 Å². The highest BCUT2D eigenvalue weighted by atomic mass is 19.1. The third-order valence-corrected chi connectivity index (χ3v) is 4.47. The van der Waals surface area contributed by atoms with Crippen molar-refractivity contribution < 1.29 is 18.4 Å². The molecule has 0 bridgehead atoms. The zero-order valence-corrected chi connectivity index (χ0v) is 13.3. The molecule has 1 saturated heterocycles. The Morgan fingerprint density at radius 2 is 1.60 bits per heavy atom. The number of hydrogen-bond acceptors (Lipinski definition) is 3.